The molecule has 1 unspecified atom stereocenters. The number of nitrogens with one attached hydrogen (secondary N) is 2. The molecule has 0 saturated heterocycles. The Hall–Kier alpha value is -1.95. The van der Waals surface area contributed by atoms with Gasteiger partial charge in [-0.2, -0.15) is 0 Å². The third-order valence-corrected chi connectivity index (χ3v) is 4.07. The number of hydrogen-bond acceptors (Lipinski definition) is 2. The van der Waals surface area contributed by atoms with Gasteiger partial charge in [0.05, 0.1) is 12.6 Å². The second kappa shape index (κ2) is 8.78. The third-order valence-electron chi connectivity index (χ3n) is 4.07. The van der Waals surface area contributed by atoms with Crippen LogP contribution in [0.4, 0.5) is 8.78 Å². The lowest BCUT2D eigenvalue weighted by molar-refractivity contribution is 0.290. The minimum atomic E-state index is -0.540. The lowest BCUT2D eigenvalue weighted by Crippen LogP contribution is -2.43. The zero-order valence-electron chi connectivity index (χ0n) is 14.5. The Balaban J connectivity index is 2.15. The van der Waals surface area contributed by atoms with Crippen LogP contribution in [-0.4, -0.2) is 44.1 Å². The van der Waals surface area contributed by atoms with Crippen LogP contribution in [0.15, 0.2) is 35.3 Å². The molecule has 0 amide bonds. The SMILES string of the molecule is CCNC(=NCC(c1c(F)cccc1F)N(C)C)NC1CC=CC1. The monoisotopic (exact) mass is 336 g/mol. The molecule has 0 spiro atoms. The largest absolute Gasteiger partial charge is 0.357 e. The van der Waals surface area contributed by atoms with Gasteiger partial charge in [0.25, 0.3) is 0 Å². The molecule has 2 N–H and O–H groups in total. The number of likely N-dealkylation sites (N-methyl/N-ethyl adjacent to an activating group) is 1. The maximum Gasteiger partial charge on any atom is 0.191 e. The van der Waals surface area contributed by atoms with Gasteiger partial charge in [-0.05, 0) is 46.0 Å². The van der Waals surface area contributed by atoms with Crippen molar-refractivity contribution in [3.8, 4) is 0 Å². The number of benzene rings is 1. The molecule has 1 atom stereocenters. The van der Waals surface area contributed by atoms with Crippen molar-refractivity contribution in [3.05, 3.63) is 47.5 Å². The highest BCUT2D eigenvalue weighted by Gasteiger charge is 2.22. The van der Waals surface area contributed by atoms with Gasteiger partial charge >= 0.3 is 0 Å². The predicted octanol–water partition coefficient (Wildman–Crippen LogP) is 2.84. The molecule has 0 fully saturated rings. The highest BCUT2D eigenvalue weighted by molar-refractivity contribution is 5.80. The molecule has 1 aromatic rings. The first-order valence-corrected chi connectivity index (χ1v) is 8.33. The molecule has 1 aromatic carbocycles. The second-order valence-corrected chi connectivity index (χ2v) is 6.12. The summed E-state index contributed by atoms with van der Waals surface area (Å²) < 4.78 is 28.2. The first kappa shape index (κ1) is 18.4. The lowest BCUT2D eigenvalue weighted by Gasteiger charge is -2.25. The van der Waals surface area contributed by atoms with Gasteiger partial charge in [0.1, 0.15) is 11.6 Å². The predicted molar refractivity (Wildman–Crippen MR) is 94.1 cm³/mol. The van der Waals surface area contributed by atoms with Crippen molar-refractivity contribution in [1.82, 2.24) is 15.5 Å². The van der Waals surface area contributed by atoms with Crippen molar-refractivity contribution in [1.29, 1.82) is 0 Å². The van der Waals surface area contributed by atoms with Crippen LogP contribution in [0.5, 0.6) is 0 Å². The Bertz CT molecular complexity index is 570. The van der Waals surface area contributed by atoms with Crippen molar-refractivity contribution in [2.24, 2.45) is 4.99 Å². The fraction of sp³-hybridized carbons (Fsp3) is 0.500. The first-order valence-electron chi connectivity index (χ1n) is 8.33. The van der Waals surface area contributed by atoms with E-state index in [-0.39, 0.29) is 12.1 Å². The highest BCUT2D eigenvalue weighted by Crippen LogP contribution is 2.24. The number of nitrogens with zero attached hydrogens (tertiary/aromatic N) is 2. The molecule has 0 aliphatic heterocycles. The molecular formula is C18H26F2N4. The Morgan fingerprint density at radius 2 is 1.88 bits per heavy atom. The highest BCUT2D eigenvalue weighted by atomic mass is 19.1. The van der Waals surface area contributed by atoms with Gasteiger partial charge < -0.3 is 15.5 Å². The van der Waals surface area contributed by atoms with E-state index in [0.717, 1.165) is 19.4 Å². The van der Waals surface area contributed by atoms with Crippen LogP contribution in [0.3, 0.4) is 0 Å². The normalized spacial score (nSPS) is 16.7. The second-order valence-electron chi connectivity index (χ2n) is 6.12. The molecule has 24 heavy (non-hydrogen) atoms. The van der Waals surface area contributed by atoms with Crippen molar-refractivity contribution in [2.45, 2.75) is 31.8 Å². The molecular weight excluding hydrogens is 310 g/mol. The standard InChI is InChI=1S/C18H26F2N4/c1-4-21-18(23-13-8-5-6-9-13)22-12-16(24(2)3)17-14(19)10-7-11-15(17)20/h5-7,10-11,13,16H,4,8-9,12H2,1-3H3,(H2,21,22,23). The van der Waals surface area contributed by atoms with Crippen LogP contribution < -0.4 is 10.6 Å². The molecule has 1 aliphatic carbocycles. The van der Waals surface area contributed by atoms with E-state index in [1.54, 1.807) is 19.0 Å². The van der Waals surface area contributed by atoms with Gasteiger partial charge in [-0.15, -0.1) is 0 Å². The maximum absolute atomic E-state index is 14.1. The van der Waals surface area contributed by atoms with E-state index < -0.39 is 17.7 Å². The van der Waals surface area contributed by atoms with Gasteiger partial charge in [0, 0.05) is 18.2 Å². The molecule has 6 heteroatoms. The summed E-state index contributed by atoms with van der Waals surface area (Å²) in [7, 11) is 3.60. The summed E-state index contributed by atoms with van der Waals surface area (Å²) >= 11 is 0. The average molecular weight is 336 g/mol. The third kappa shape index (κ3) is 4.77. The number of rotatable bonds is 6. The molecule has 0 heterocycles. The fourth-order valence-electron chi connectivity index (χ4n) is 2.77. The first-order chi connectivity index (χ1) is 11.5. The van der Waals surface area contributed by atoms with Gasteiger partial charge in [-0.3, -0.25) is 4.99 Å². The van der Waals surface area contributed by atoms with Crippen LogP contribution in [0, 0.1) is 11.6 Å². The maximum atomic E-state index is 14.1. The minimum absolute atomic E-state index is 0.0598. The number of aliphatic imine (C=N–C) groups is 1. The van der Waals surface area contributed by atoms with Crippen molar-refractivity contribution >= 4 is 5.96 Å². The van der Waals surface area contributed by atoms with E-state index in [2.05, 4.69) is 27.8 Å². The Kier molecular flexibility index (Phi) is 6.73. The number of halogens is 2. The molecule has 0 bridgehead atoms. The molecule has 1 aliphatic rings. The number of guanidine groups is 1. The van der Waals surface area contributed by atoms with E-state index >= 15 is 0 Å². The van der Waals surface area contributed by atoms with Gasteiger partial charge in [-0.25, -0.2) is 8.78 Å². The molecule has 0 radical (unpaired) electrons. The molecule has 132 valence electrons. The zero-order chi connectivity index (χ0) is 17.5. The van der Waals surface area contributed by atoms with Crippen LogP contribution >= 0.6 is 0 Å². The van der Waals surface area contributed by atoms with E-state index in [9.17, 15) is 8.78 Å². The van der Waals surface area contributed by atoms with E-state index in [1.807, 2.05) is 6.92 Å². The van der Waals surface area contributed by atoms with Gasteiger partial charge in [-0.1, -0.05) is 18.2 Å². The minimum Gasteiger partial charge on any atom is -0.357 e. The van der Waals surface area contributed by atoms with E-state index in [4.69, 9.17) is 0 Å². The van der Waals surface area contributed by atoms with Crippen LogP contribution in [0.25, 0.3) is 0 Å². The lowest BCUT2D eigenvalue weighted by atomic mass is 10.0. The van der Waals surface area contributed by atoms with Crippen molar-refractivity contribution in [3.63, 3.8) is 0 Å². The van der Waals surface area contributed by atoms with E-state index in [0.29, 0.717) is 12.0 Å². The van der Waals surface area contributed by atoms with Gasteiger partial charge in [0.15, 0.2) is 5.96 Å². The number of hydrogen-bond donors (Lipinski definition) is 2. The molecule has 2 rings (SSSR count). The molecule has 4 nitrogen and oxygen atoms in total. The summed E-state index contributed by atoms with van der Waals surface area (Å²) in [6.45, 7) is 2.98. The van der Waals surface area contributed by atoms with Crippen LogP contribution in [-0.2, 0) is 0 Å². The summed E-state index contributed by atoms with van der Waals surface area (Å²) in [5, 5.41) is 6.55. The van der Waals surface area contributed by atoms with Crippen molar-refractivity contribution < 1.29 is 8.78 Å². The van der Waals surface area contributed by atoms with Crippen LogP contribution in [0.1, 0.15) is 31.4 Å². The smallest absolute Gasteiger partial charge is 0.191 e. The van der Waals surface area contributed by atoms with Crippen LogP contribution in [0.2, 0.25) is 0 Å². The summed E-state index contributed by atoms with van der Waals surface area (Å²) in [5.74, 6) is -0.404. The fourth-order valence-corrected chi connectivity index (χ4v) is 2.77. The summed E-state index contributed by atoms with van der Waals surface area (Å²) in [6.07, 6.45) is 6.20. The topological polar surface area (TPSA) is 39.7 Å². The Labute approximate surface area is 142 Å². The average Bonchev–Trinajstić information content (AvgIpc) is 3.02. The van der Waals surface area contributed by atoms with Crippen molar-refractivity contribution in [2.75, 3.05) is 27.2 Å². The summed E-state index contributed by atoms with van der Waals surface area (Å²) in [5.41, 5.74) is 0.0598. The molecule has 0 aromatic heterocycles. The van der Waals surface area contributed by atoms with Gasteiger partial charge in [0.2, 0.25) is 0 Å². The zero-order valence-corrected chi connectivity index (χ0v) is 14.5. The summed E-state index contributed by atoms with van der Waals surface area (Å²) in [6, 6.07) is 3.80. The Morgan fingerprint density at radius 3 is 2.42 bits per heavy atom. The molecule has 0 saturated carbocycles. The Morgan fingerprint density at radius 1 is 1.25 bits per heavy atom. The quantitative estimate of drug-likeness (QED) is 0.477. The van der Waals surface area contributed by atoms with E-state index in [1.165, 1.54) is 18.2 Å². The summed E-state index contributed by atoms with van der Waals surface area (Å²) in [4.78, 5) is 6.33.